The second-order valence-corrected chi connectivity index (χ2v) is 4.13. The van der Waals surface area contributed by atoms with Gasteiger partial charge in [-0.1, -0.05) is 0 Å². The lowest BCUT2D eigenvalue weighted by Gasteiger charge is -2.08. The molecular weight excluding hydrogens is 230 g/mol. The molecule has 0 atom stereocenters. The van der Waals surface area contributed by atoms with Gasteiger partial charge in [0.25, 0.3) is 0 Å². The monoisotopic (exact) mass is 247 g/mol. The molecule has 5 nitrogen and oxygen atoms in total. The van der Waals surface area contributed by atoms with Gasteiger partial charge in [-0.15, -0.1) is 0 Å². The fourth-order valence-corrected chi connectivity index (χ4v) is 1.83. The van der Waals surface area contributed by atoms with Crippen molar-refractivity contribution in [3.8, 4) is 11.5 Å². The van der Waals surface area contributed by atoms with E-state index in [-0.39, 0.29) is 11.5 Å². The second kappa shape index (κ2) is 5.00. The number of anilines is 1. The molecule has 0 saturated carbocycles. The third-order valence-electron chi connectivity index (χ3n) is 2.94. The van der Waals surface area contributed by atoms with Crippen LogP contribution in [-0.2, 0) is 13.1 Å². The Labute approximate surface area is 106 Å². The fourth-order valence-electron chi connectivity index (χ4n) is 1.83. The van der Waals surface area contributed by atoms with Gasteiger partial charge >= 0.3 is 0 Å². The largest absolute Gasteiger partial charge is 0.508 e. The Morgan fingerprint density at radius 2 is 2.11 bits per heavy atom. The van der Waals surface area contributed by atoms with Gasteiger partial charge in [-0.3, -0.25) is 4.68 Å². The summed E-state index contributed by atoms with van der Waals surface area (Å²) in [5, 5.41) is 26.3. The van der Waals surface area contributed by atoms with Crippen LogP contribution in [0.3, 0.4) is 0 Å². The van der Waals surface area contributed by atoms with Crippen molar-refractivity contribution in [2.75, 3.05) is 5.32 Å². The third-order valence-corrected chi connectivity index (χ3v) is 2.94. The van der Waals surface area contributed by atoms with Crippen LogP contribution < -0.4 is 5.32 Å². The molecule has 0 aliphatic heterocycles. The van der Waals surface area contributed by atoms with Crippen LogP contribution in [0.5, 0.6) is 11.5 Å². The molecule has 1 aromatic heterocycles. The molecule has 0 spiro atoms. The number of aryl methyl sites for hydroxylation is 1. The van der Waals surface area contributed by atoms with Gasteiger partial charge in [-0.2, -0.15) is 5.10 Å². The van der Waals surface area contributed by atoms with Crippen LogP contribution in [0.4, 0.5) is 5.69 Å². The number of aromatic hydroxyl groups is 2. The first-order chi connectivity index (χ1) is 8.61. The molecule has 1 heterocycles. The molecule has 18 heavy (non-hydrogen) atoms. The second-order valence-electron chi connectivity index (χ2n) is 4.13. The standard InChI is InChI=1S/C13H17N3O2/c1-3-16-9(2)12(8-15-16)14-7-10-4-5-11(17)6-13(10)18/h4-6,8,14,17-18H,3,7H2,1-2H3. The van der Waals surface area contributed by atoms with Crippen LogP contribution in [-0.4, -0.2) is 20.0 Å². The normalized spacial score (nSPS) is 10.6. The minimum atomic E-state index is 0.0613. The van der Waals surface area contributed by atoms with Crippen molar-refractivity contribution in [1.29, 1.82) is 0 Å². The first-order valence-corrected chi connectivity index (χ1v) is 5.89. The van der Waals surface area contributed by atoms with Crippen molar-refractivity contribution in [1.82, 2.24) is 9.78 Å². The number of hydrogen-bond acceptors (Lipinski definition) is 4. The minimum absolute atomic E-state index is 0.0613. The molecule has 0 fully saturated rings. The molecular formula is C13H17N3O2. The highest BCUT2D eigenvalue weighted by Crippen LogP contribution is 2.24. The van der Waals surface area contributed by atoms with Crippen LogP contribution in [0.25, 0.3) is 0 Å². The van der Waals surface area contributed by atoms with Gasteiger partial charge in [-0.25, -0.2) is 0 Å². The van der Waals surface area contributed by atoms with Crippen LogP contribution in [0.1, 0.15) is 18.2 Å². The van der Waals surface area contributed by atoms with Gasteiger partial charge in [0, 0.05) is 24.7 Å². The lowest BCUT2D eigenvalue weighted by molar-refractivity contribution is 0.446. The smallest absolute Gasteiger partial charge is 0.124 e. The Morgan fingerprint density at radius 1 is 1.33 bits per heavy atom. The van der Waals surface area contributed by atoms with E-state index in [0.29, 0.717) is 6.54 Å². The van der Waals surface area contributed by atoms with Gasteiger partial charge in [0.15, 0.2) is 0 Å². The van der Waals surface area contributed by atoms with Gasteiger partial charge in [0.2, 0.25) is 0 Å². The van der Waals surface area contributed by atoms with E-state index < -0.39 is 0 Å². The Balaban J connectivity index is 2.09. The quantitative estimate of drug-likeness (QED) is 0.775. The van der Waals surface area contributed by atoms with Crippen LogP contribution >= 0.6 is 0 Å². The molecule has 96 valence electrons. The molecule has 2 rings (SSSR count). The molecule has 0 bridgehead atoms. The van der Waals surface area contributed by atoms with Crippen molar-refractivity contribution in [2.45, 2.75) is 26.9 Å². The molecule has 1 aromatic carbocycles. The van der Waals surface area contributed by atoms with Crippen LogP contribution in [0.2, 0.25) is 0 Å². The van der Waals surface area contributed by atoms with Gasteiger partial charge in [-0.05, 0) is 26.0 Å². The zero-order valence-electron chi connectivity index (χ0n) is 10.5. The average molecular weight is 247 g/mol. The van der Waals surface area contributed by atoms with Crippen LogP contribution in [0.15, 0.2) is 24.4 Å². The number of benzene rings is 1. The maximum atomic E-state index is 9.67. The van der Waals surface area contributed by atoms with E-state index in [1.807, 2.05) is 18.5 Å². The number of phenolic OH excluding ortho intramolecular Hbond substituents is 2. The van der Waals surface area contributed by atoms with Crippen molar-refractivity contribution < 1.29 is 10.2 Å². The lowest BCUT2D eigenvalue weighted by Crippen LogP contribution is -2.02. The molecule has 0 unspecified atom stereocenters. The molecule has 3 N–H and O–H groups in total. The topological polar surface area (TPSA) is 70.3 Å². The molecule has 5 heteroatoms. The number of aromatic nitrogens is 2. The van der Waals surface area contributed by atoms with Crippen molar-refractivity contribution in [2.24, 2.45) is 0 Å². The summed E-state index contributed by atoms with van der Waals surface area (Å²) in [7, 11) is 0. The van der Waals surface area contributed by atoms with E-state index >= 15 is 0 Å². The molecule has 0 radical (unpaired) electrons. The number of phenols is 2. The fraction of sp³-hybridized carbons (Fsp3) is 0.308. The summed E-state index contributed by atoms with van der Waals surface area (Å²) in [6, 6.07) is 4.58. The summed E-state index contributed by atoms with van der Waals surface area (Å²) in [5.41, 5.74) is 2.75. The predicted molar refractivity (Wildman–Crippen MR) is 69.7 cm³/mol. The number of nitrogens with zero attached hydrogens (tertiary/aromatic N) is 2. The predicted octanol–water partition coefficient (Wildman–Crippen LogP) is 2.23. The zero-order valence-corrected chi connectivity index (χ0v) is 10.5. The van der Waals surface area contributed by atoms with E-state index in [4.69, 9.17) is 0 Å². The van der Waals surface area contributed by atoms with Gasteiger partial charge in [0.1, 0.15) is 11.5 Å². The van der Waals surface area contributed by atoms with Gasteiger partial charge < -0.3 is 15.5 Å². The summed E-state index contributed by atoms with van der Waals surface area (Å²) < 4.78 is 1.90. The van der Waals surface area contributed by atoms with E-state index in [9.17, 15) is 10.2 Å². The first kappa shape index (κ1) is 12.3. The van der Waals surface area contributed by atoms with E-state index in [2.05, 4.69) is 10.4 Å². The highest BCUT2D eigenvalue weighted by atomic mass is 16.3. The maximum Gasteiger partial charge on any atom is 0.124 e. The van der Waals surface area contributed by atoms with E-state index in [0.717, 1.165) is 23.5 Å². The Morgan fingerprint density at radius 3 is 2.72 bits per heavy atom. The Hall–Kier alpha value is -2.17. The molecule has 0 aliphatic rings. The molecule has 0 aliphatic carbocycles. The number of rotatable bonds is 4. The summed E-state index contributed by atoms with van der Waals surface area (Å²) >= 11 is 0. The summed E-state index contributed by atoms with van der Waals surface area (Å²) in [4.78, 5) is 0. The minimum Gasteiger partial charge on any atom is -0.508 e. The van der Waals surface area contributed by atoms with Crippen LogP contribution in [0, 0.1) is 6.92 Å². The van der Waals surface area contributed by atoms with Crippen molar-refractivity contribution >= 4 is 5.69 Å². The highest BCUT2D eigenvalue weighted by Gasteiger charge is 2.06. The Bertz CT molecular complexity index is 549. The average Bonchev–Trinajstić information content (AvgIpc) is 2.69. The SMILES string of the molecule is CCn1ncc(NCc2ccc(O)cc2O)c1C. The van der Waals surface area contributed by atoms with Crippen molar-refractivity contribution in [3.05, 3.63) is 35.7 Å². The lowest BCUT2D eigenvalue weighted by atomic mass is 10.2. The van der Waals surface area contributed by atoms with E-state index in [1.165, 1.54) is 6.07 Å². The maximum absolute atomic E-state index is 9.67. The Kier molecular flexibility index (Phi) is 3.41. The molecule has 2 aromatic rings. The summed E-state index contributed by atoms with van der Waals surface area (Å²) in [6.07, 6.45) is 1.77. The number of nitrogens with one attached hydrogen (secondary N) is 1. The van der Waals surface area contributed by atoms with E-state index in [1.54, 1.807) is 18.3 Å². The highest BCUT2D eigenvalue weighted by molar-refractivity contribution is 5.48. The molecule has 0 saturated heterocycles. The van der Waals surface area contributed by atoms with Crippen molar-refractivity contribution in [3.63, 3.8) is 0 Å². The third kappa shape index (κ3) is 2.40. The first-order valence-electron chi connectivity index (χ1n) is 5.89. The number of hydrogen-bond donors (Lipinski definition) is 3. The van der Waals surface area contributed by atoms with Gasteiger partial charge in [0.05, 0.1) is 17.6 Å². The molecule has 0 amide bonds. The zero-order chi connectivity index (χ0) is 13.1. The summed E-state index contributed by atoms with van der Waals surface area (Å²) in [6.45, 7) is 5.35. The summed E-state index contributed by atoms with van der Waals surface area (Å²) in [5.74, 6) is 0.147.